The fourth-order valence-corrected chi connectivity index (χ4v) is 2.14. The van der Waals surface area contributed by atoms with Crippen molar-refractivity contribution in [3.63, 3.8) is 0 Å². The lowest BCUT2D eigenvalue weighted by Crippen LogP contribution is -2.17. The Hall–Kier alpha value is -2.01. The molecule has 1 unspecified atom stereocenters. The SMILES string of the molecule is CNCCC(Oc1cc(F)c(C)c(F)c1F)c1ccccc1. The molecular formula is C17H18F3NO. The van der Waals surface area contributed by atoms with Gasteiger partial charge in [-0.05, 0) is 26.1 Å². The largest absolute Gasteiger partial charge is 0.482 e. The van der Waals surface area contributed by atoms with Crippen LogP contribution >= 0.6 is 0 Å². The molecule has 0 heterocycles. The second-order valence-corrected chi connectivity index (χ2v) is 5.02. The zero-order valence-corrected chi connectivity index (χ0v) is 12.5. The van der Waals surface area contributed by atoms with Gasteiger partial charge in [-0.15, -0.1) is 0 Å². The maximum atomic E-state index is 14.0. The third-order valence-electron chi connectivity index (χ3n) is 3.45. The molecule has 2 nitrogen and oxygen atoms in total. The van der Waals surface area contributed by atoms with E-state index in [1.54, 1.807) is 7.05 Å². The van der Waals surface area contributed by atoms with Crippen molar-refractivity contribution >= 4 is 0 Å². The van der Waals surface area contributed by atoms with E-state index in [1.807, 2.05) is 30.3 Å². The molecule has 0 amide bonds. The Morgan fingerprint density at radius 3 is 2.41 bits per heavy atom. The van der Waals surface area contributed by atoms with Crippen molar-refractivity contribution in [2.75, 3.05) is 13.6 Å². The van der Waals surface area contributed by atoms with Gasteiger partial charge in [0.2, 0.25) is 5.82 Å². The number of ether oxygens (including phenoxy) is 1. The normalized spacial score (nSPS) is 12.2. The summed E-state index contributed by atoms with van der Waals surface area (Å²) >= 11 is 0. The summed E-state index contributed by atoms with van der Waals surface area (Å²) in [7, 11) is 1.79. The van der Waals surface area contributed by atoms with Crippen LogP contribution < -0.4 is 10.1 Å². The first-order chi connectivity index (χ1) is 10.5. The minimum absolute atomic E-state index is 0.351. The number of nitrogens with one attached hydrogen (secondary N) is 1. The molecule has 1 atom stereocenters. The zero-order chi connectivity index (χ0) is 16.1. The van der Waals surface area contributed by atoms with Crippen LogP contribution in [0.1, 0.15) is 23.7 Å². The highest BCUT2D eigenvalue weighted by atomic mass is 19.2. The van der Waals surface area contributed by atoms with E-state index in [0.717, 1.165) is 11.6 Å². The molecule has 0 fully saturated rings. The van der Waals surface area contributed by atoms with Crippen LogP contribution in [-0.4, -0.2) is 13.6 Å². The molecule has 0 saturated carbocycles. The fraction of sp³-hybridized carbons (Fsp3) is 0.294. The van der Waals surface area contributed by atoms with Gasteiger partial charge in [0.25, 0.3) is 0 Å². The van der Waals surface area contributed by atoms with Crippen LogP contribution in [-0.2, 0) is 0 Å². The van der Waals surface area contributed by atoms with Gasteiger partial charge in [-0.2, -0.15) is 4.39 Å². The maximum Gasteiger partial charge on any atom is 0.201 e. The van der Waals surface area contributed by atoms with Gasteiger partial charge in [0.15, 0.2) is 11.6 Å². The highest BCUT2D eigenvalue weighted by Crippen LogP contribution is 2.30. The summed E-state index contributed by atoms with van der Waals surface area (Å²) in [6, 6.07) is 10.1. The molecule has 5 heteroatoms. The van der Waals surface area contributed by atoms with E-state index in [4.69, 9.17) is 4.74 Å². The van der Waals surface area contributed by atoms with Crippen LogP contribution in [0.25, 0.3) is 0 Å². The van der Waals surface area contributed by atoms with Gasteiger partial charge in [0.05, 0.1) is 0 Å². The van der Waals surface area contributed by atoms with Crippen molar-refractivity contribution in [2.45, 2.75) is 19.4 Å². The van der Waals surface area contributed by atoms with E-state index in [0.29, 0.717) is 13.0 Å². The predicted molar refractivity (Wildman–Crippen MR) is 79.4 cm³/mol. The molecule has 0 radical (unpaired) electrons. The molecule has 0 aliphatic carbocycles. The quantitative estimate of drug-likeness (QED) is 0.810. The fourth-order valence-electron chi connectivity index (χ4n) is 2.14. The van der Waals surface area contributed by atoms with Crippen molar-refractivity contribution in [1.82, 2.24) is 5.32 Å². The van der Waals surface area contributed by atoms with Gasteiger partial charge in [-0.1, -0.05) is 30.3 Å². The van der Waals surface area contributed by atoms with Crippen LogP contribution in [0.2, 0.25) is 0 Å². The van der Waals surface area contributed by atoms with Gasteiger partial charge in [0.1, 0.15) is 11.9 Å². The minimum Gasteiger partial charge on any atom is -0.482 e. The second-order valence-electron chi connectivity index (χ2n) is 5.02. The summed E-state index contributed by atoms with van der Waals surface area (Å²) in [5, 5.41) is 2.98. The number of rotatable bonds is 6. The molecule has 1 N–H and O–H groups in total. The van der Waals surface area contributed by atoms with Crippen LogP contribution in [0.5, 0.6) is 5.75 Å². The van der Waals surface area contributed by atoms with E-state index in [9.17, 15) is 13.2 Å². The van der Waals surface area contributed by atoms with Gasteiger partial charge in [0, 0.05) is 18.1 Å². The van der Waals surface area contributed by atoms with E-state index in [2.05, 4.69) is 5.32 Å². The summed E-state index contributed by atoms with van der Waals surface area (Å²) in [6.07, 6.45) is 0.0431. The van der Waals surface area contributed by atoms with E-state index >= 15 is 0 Å². The Labute approximate surface area is 127 Å². The zero-order valence-electron chi connectivity index (χ0n) is 12.5. The van der Waals surface area contributed by atoms with E-state index in [-0.39, 0.29) is 5.56 Å². The number of benzene rings is 2. The van der Waals surface area contributed by atoms with Crippen molar-refractivity contribution < 1.29 is 17.9 Å². The molecule has 0 aromatic heterocycles. The van der Waals surface area contributed by atoms with Crippen molar-refractivity contribution in [1.29, 1.82) is 0 Å². The maximum absolute atomic E-state index is 14.0. The molecule has 22 heavy (non-hydrogen) atoms. The summed E-state index contributed by atoms with van der Waals surface area (Å²) in [6.45, 7) is 1.81. The third kappa shape index (κ3) is 3.60. The molecule has 2 rings (SSSR count). The van der Waals surface area contributed by atoms with Gasteiger partial charge in [-0.3, -0.25) is 0 Å². The molecule has 0 aliphatic rings. The summed E-state index contributed by atoms with van der Waals surface area (Å²) < 4.78 is 46.8. The molecule has 0 aliphatic heterocycles. The van der Waals surface area contributed by atoms with E-state index in [1.165, 1.54) is 6.92 Å². The smallest absolute Gasteiger partial charge is 0.201 e. The summed E-state index contributed by atoms with van der Waals surface area (Å²) in [4.78, 5) is 0. The molecule has 0 spiro atoms. The first-order valence-corrected chi connectivity index (χ1v) is 7.05. The lowest BCUT2D eigenvalue weighted by Gasteiger charge is -2.20. The number of hydrogen-bond acceptors (Lipinski definition) is 2. The van der Waals surface area contributed by atoms with Gasteiger partial charge < -0.3 is 10.1 Å². The first-order valence-electron chi connectivity index (χ1n) is 7.05. The highest BCUT2D eigenvalue weighted by Gasteiger charge is 2.21. The number of halogens is 3. The second kappa shape index (κ2) is 7.31. The van der Waals surface area contributed by atoms with E-state index < -0.39 is 29.3 Å². The monoisotopic (exact) mass is 309 g/mol. The van der Waals surface area contributed by atoms with Crippen LogP contribution in [0.4, 0.5) is 13.2 Å². The Morgan fingerprint density at radius 2 is 1.77 bits per heavy atom. The van der Waals surface area contributed by atoms with Crippen LogP contribution in [0.3, 0.4) is 0 Å². The van der Waals surface area contributed by atoms with Crippen LogP contribution in [0, 0.1) is 24.4 Å². The Bertz CT molecular complexity index is 632. The predicted octanol–water partition coefficient (Wildman–Crippen LogP) is 4.14. The summed E-state index contributed by atoms with van der Waals surface area (Å²) in [5.74, 6) is -3.61. The molecule has 2 aromatic rings. The Morgan fingerprint density at radius 1 is 1.09 bits per heavy atom. The summed E-state index contributed by atoms with van der Waals surface area (Å²) in [5.41, 5.74) is 0.467. The third-order valence-corrected chi connectivity index (χ3v) is 3.45. The highest BCUT2D eigenvalue weighted by molar-refractivity contribution is 5.32. The molecule has 0 saturated heterocycles. The average molecular weight is 309 g/mol. The van der Waals surface area contributed by atoms with Crippen molar-refractivity contribution in [3.8, 4) is 5.75 Å². The molecule has 118 valence electrons. The van der Waals surface area contributed by atoms with Crippen molar-refractivity contribution in [2.24, 2.45) is 0 Å². The average Bonchev–Trinajstić information content (AvgIpc) is 2.54. The number of hydrogen-bond donors (Lipinski definition) is 1. The minimum atomic E-state index is -1.21. The Kier molecular flexibility index (Phi) is 5.44. The lowest BCUT2D eigenvalue weighted by atomic mass is 10.1. The van der Waals surface area contributed by atoms with Crippen LogP contribution in [0.15, 0.2) is 36.4 Å². The molecule has 0 bridgehead atoms. The molecule has 2 aromatic carbocycles. The first kappa shape index (κ1) is 16.4. The Balaban J connectivity index is 2.31. The topological polar surface area (TPSA) is 21.3 Å². The lowest BCUT2D eigenvalue weighted by molar-refractivity contribution is 0.183. The van der Waals surface area contributed by atoms with Crippen molar-refractivity contribution in [3.05, 3.63) is 65.0 Å². The van der Waals surface area contributed by atoms with Gasteiger partial charge in [-0.25, -0.2) is 8.78 Å². The standard InChI is InChI=1S/C17H18F3NO/c1-11-13(18)10-15(17(20)16(11)19)22-14(8-9-21-2)12-6-4-3-5-7-12/h3-7,10,14,21H,8-9H2,1-2H3. The molecular weight excluding hydrogens is 291 g/mol. The van der Waals surface area contributed by atoms with Gasteiger partial charge >= 0.3 is 0 Å².